The number of nitrogens with zero attached hydrogens (tertiary/aromatic N) is 5. The smallest absolute Gasteiger partial charge is 0.276 e. The van der Waals surface area contributed by atoms with E-state index in [1.54, 1.807) is 22.5 Å². The molecule has 0 saturated carbocycles. The van der Waals surface area contributed by atoms with E-state index in [0.29, 0.717) is 10.7 Å². The lowest BCUT2D eigenvalue weighted by Crippen LogP contribution is -2.16. The maximum absolute atomic E-state index is 12.4. The monoisotopic (exact) mass is 404 g/mol. The summed E-state index contributed by atoms with van der Waals surface area (Å²) >= 11 is 6.13. The number of aromatic nitrogens is 4. The van der Waals surface area contributed by atoms with Gasteiger partial charge in [0.25, 0.3) is 11.6 Å². The summed E-state index contributed by atoms with van der Waals surface area (Å²) in [5.74, 6) is -0.246. The van der Waals surface area contributed by atoms with Crippen molar-refractivity contribution < 1.29 is 14.5 Å². The number of halogens is 1. The third-order valence-corrected chi connectivity index (χ3v) is 4.59. The largest absolute Gasteiger partial charge is 0.496 e. The normalized spacial score (nSPS) is 10.7. The summed E-state index contributed by atoms with van der Waals surface area (Å²) < 4.78 is 8.25. The number of benzene rings is 1. The summed E-state index contributed by atoms with van der Waals surface area (Å²) in [6.07, 6.45) is 1.63. The van der Waals surface area contributed by atoms with Gasteiger partial charge in [-0.3, -0.25) is 19.6 Å². The van der Waals surface area contributed by atoms with Gasteiger partial charge in [-0.1, -0.05) is 11.6 Å². The molecule has 3 rings (SSSR count). The Bertz CT molecular complexity index is 1060. The number of anilines is 1. The number of amides is 1. The van der Waals surface area contributed by atoms with Crippen LogP contribution in [0, 0.1) is 24.0 Å². The van der Waals surface area contributed by atoms with Gasteiger partial charge in [-0.25, -0.2) is 4.68 Å². The number of nitrogens with one attached hydrogen (secondary N) is 1. The number of non-ortho nitro benzene ring substituents is 1. The van der Waals surface area contributed by atoms with Gasteiger partial charge in [0, 0.05) is 18.3 Å². The van der Waals surface area contributed by atoms with Crippen molar-refractivity contribution in [3.05, 3.63) is 62.7 Å². The van der Waals surface area contributed by atoms with Gasteiger partial charge in [0.1, 0.15) is 12.4 Å². The fourth-order valence-electron chi connectivity index (χ4n) is 2.59. The molecule has 146 valence electrons. The highest BCUT2D eigenvalue weighted by Crippen LogP contribution is 2.26. The molecule has 1 N–H and O–H groups in total. The Balaban J connectivity index is 1.76. The molecule has 11 heteroatoms. The second-order valence-electron chi connectivity index (χ2n) is 6.00. The molecule has 0 spiro atoms. The van der Waals surface area contributed by atoms with Gasteiger partial charge >= 0.3 is 0 Å². The van der Waals surface area contributed by atoms with E-state index in [0.717, 1.165) is 5.69 Å². The molecule has 1 aromatic carbocycles. The van der Waals surface area contributed by atoms with Crippen LogP contribution in [0.2, 0.25) is 5.02 Å². The van der Waals surface area contributed by atoms with Crippen LogP contribution in [0.4, 0.5) is 11.4 Å². The number of nitro groups is 1. The highest BCUT2D eigenvalue weighted by molar-refractivity contribution is 6.31. The number of hydrogen-bond donors (Lipinski definition) is 1. The lowest BCUT2D eigenvalue weighted by atomic mass is 10.2. The predicted molar refractivity (Wildman–Crippen MR) is 102 cm³/mol. The van der Waals surface area contributed by atoms with E-state index >= 15 is 0 Å². The van der Waals surface area contributed by atoms with Gasteiger partial charge < -0.3 is 10.1 Å². The molecule has 0 atom stereocenters. The van der Waals surface area contributed by atoms with E-state index in [-0.39, 0.29) is 29.5 Å². The maximum atomic E-state index is 12.4. The summed E-state index contributed by atoms with van der Waals surface area (Å²) in [6, 6.07) is 5.54. The first-order valence-corrected chi connectivity index (χ1v) is 8.54. The van der Waals surface area contributed by atoms with E-state index < -0.39 is 10.8 Å². The van der Waals surface area contributed by atoms with Crippen molar-refractivity contribution in [2.24, 2.45) is 0 Å². The summed E-state index contributed by atoms with van der Waals surface area (Å²) in [5, 5.41) is 22.7. The van der Waals surface area contributed by atoms with Crippen LogP contribution in [-0.4, -0.2) is 37.5 Å². The first-order chi connectivity index (χ1) is 13.3. The molecule has 3 aromatic rings. The van der Waals surface area contributed by atoms with Crippen LogP contribution in [0.25, 0.3) is 0 Å². The zero-order valence-electron chi connectivity index (χ0n) is 15.3. The number of carbonyl (C=O) groups is 1. The zero-order valence-corrected chi connectivity index (χ0v) is 16.1. The van der Waals surface area contributed by atoms with E-state index in [1.807, 2.05) is 6.92 Å². The minimum atomic E-state index is -0.563. The Labute approximate surface area is 164 Å². The van der Waals surface area contributed by atoms with Gasteiger partial charge in [-0.2, -0.15) is 10.2 Å². The second kappa shape index (κ2) is 7.69. The summed E-state index contributed by atoms with van der Waals surface area (Å²) in [4.78, 5) is 22.9. The highest BCUT2D eigenvalue weighted by atomic mass is 35.5. The molecule has 0 radical (unpaired) electrons. The topological polar surface area (TPSA) is 117 Å². The van der Waals surface area contributed by atoms with E-state index in [2.05, 4.69) is 15.5 Å². The van der Waals surface area contributed by atoms with Crippen LogP contribution < -0.4 is 10.1 Å². The fourth-order valence-corrected chi connectivity index (χ4v) is 2.72. The minimum absolute atomic E-state index is 0.151. The van der Waals surface area contributed by atoms with Crippen molar-refractivity contribution in [1.82, 2.24) is 19.6 Å². The number of rotatable bonds is 6. The third kappa shape index (κ3) is 3.96. The highest BCUT2D eigenvalue weighted by Gasteiger charge is 2.15. The second-order valence-corrected chi connectivity index (χ2v) is 6.38. The fraction of sp³-hybridized carbons (Fsp3) is 0.235. The third-order valence-electron chi connectivity index (χ3n) is 4.04. The van der Waals surface area contributed by atoms with Crippen molar-refractivity contribution >= 4 is 28.9 Å². The molecule has 2 aromatic heterocycles. The van der Waals surface area contributed by atoms with Gasteiger partial charge in [-0.05, 0) is 19.9 Å². The first-order valence-electron chi connectivity index (χ1n) is 8.16. The molecule has 10 nitrogen and oxygen atoms in total. The predicted octanol–water partition coefficient (Wildman–Crippen LogP) is 3.02. The quantitative estimate of drug-likeness (QED) is 0.498. The van der Waals surface area contributed by atoms with Crippen LogP contribution in [-0.2, 0) is 6.67 Å². The molecule has 1 amide bonds. The summed E-state index contributed by atoms with van der Waals surface area (Å²) in [5.41, 5.74) is 1.70. The van der Waals surface area contributed by atoms with E-state index in [9.17, 15) is 14.9 Å². The molecule has 0 aliphatic heterocycles. The van der Waals surface area contributed by atoms with Gasteiger partial charge in [0.2, 0.25) is 0 Å². The lowest BCUT2D eigenvalue weighted by molar-refractivity contribution is -0.384. The zero-order chi connectivity index (χ0) is 20.4. The van der Waals surface area contributed by atoms with Crippen molar-refractivity contribution in [1.29, 1.82) is 0 Å². The molecule has 0 bridgehead atoms. The molecule has 0 saturated heterocycles. The molecule has 0 aliphatic rings. The van der Waals surface area contributed by atoms with Crippen LogP contribution in [0.15, 0.2) is 30.5 Å². The number of ether oxygens (including phenoxy) is 1. The van der Waals surface area contributed by atoms with Crippen molar-refractivity contribution in [2.45, 2.75) is 20.5 Å². The van der Waals surface area contributed by atoms with Crippen LogP contribution in [0.5, 0.6) is 5.75 Å². The number of methoxy groups -OCH3 is 1. The Morgan fingerprint density at radius 2 is 2.07 bits per heavy atom. The van der Waals surface area contributed by atoms with Crippen LogP contribution in [0.1, 0.15) is 21.9 Å². The number of aryl methyl sites for hydroxylation is 1. The Morgan fingerprint density at radius 1 is 1.32 bits per heavy atom. The van der Waals surface area contributed by atoms with Crippen LogP contribution in [0.3, 0.4) is 0 Å². The molecular formula is C17H17ClN6O4. The van der Waals surface area contributed by atoms with Crippen LogP contribution >= 0.6 is 11.6 Å². The number of hydrogen-bond acceptors (Lipinski definition) is 6. The minimum Gasteiger partial charge on any atom is -0.496 e. The average molecular weight is 405 g/mol. The maximum Gasteiger partial charge on any atom is 0.276 e. The molecular weight excluding hydrogens is 388 g/mol. The summed E-state index contributed by atoms with van der Waals surface area (Å²) in [7, 11) is 1.39. The molecule has 0 fully saturated rings. The number of nitro benzene ring substituents is 1. The van der Waals surface area contributed by atoms with E-state index in [1.165, 1.54) is 31.4 Å². The molecule has 28 heavy (non-hydrogen) atoms. The van der Waals surface area contributed by atoms with Crippen molar-refractivity contribution in [2.75, 3.05) is 12.4 Å². The van der Waals surface area contributed by atoms with E-state index in [4.69, 9.17) is 16.3 Å². The Morgan fingerprint density at radius 3 is 2.68 bits per heavy atom. The summed E-state index contributed by atoms with van der Waals surface area (Å²) in [6.45, 7) is 3.94. The van der Waals surface area contributed by atoms with Gasteiger partial charge in [-0.15, -0.1) is 0 Å². The van der Waals surface area contributed by atoms with Gasteiger partial charge in [0.15, 0.2) is 5.69 Å². The van der Waals surface area contributed by atoms with Crippen molar-refractivity contribution in [3.8, 4) is 5.75 Å². The number of carbonyl (C=O) groups excluding carboxylic acids is 1. The Hall–Kier alpha value is -3.40. The molecule has 2 heterocycles. The molecule has 0 unspecified atom stereocenters. The lowest BCUT2D eigenvalue weighted by Gasteiger charge is -2.07. The average Bonchev–Trinajstić information content (AvgIpc) is 3.22. The first kappa shape index (κ1) is 19.4. The Kier molecular flexibility index (Phi) is 5.32. The molecule has 0 aliphatic carbocycles. The SMILES string of the molecule is COc1cc(NC(=O)c2ccn(Cn3nc(C)c(Cl)c3C)n2)cc([N+](=O)[O-])c1. The van der Waals surface area contributed by atoms with Crippen molar-refractivity contribution in [3.63, 3.8) is 0 Å². The van der Waals surface area contributed by atoms with Gasteiger partial charge in [0.05, 0.1) is 40.2 Å². The standard InChI is InChI=1S/C17H17ClN6O4/c1-10-16(18)11(2)23(20-10)9-22-5-4-15(21-22)17(25)19-12-6-13(24(26)27)8-14(7-12)28-3/h4-8H,9H2,1-3H3,(H,19,25).